The molecule has 0 radical (unpaired) electrons. The van der Waals surface area contributed by atoms with Crippen LogP contribution >= 0.6 is 11.6 Å². The fourth-order valence-electron chi connectivity index (χ4n) is 0.834. The summed E-state index contributed by atoms with van der Waals surface area (Å²) in [5.41, 5.74) is 1.09. The van der Waals surface area contributed by atoms with E-state index in [4.69, 9.17) is 11.6 Å². The predicted molar refractivity (Wildman–Crippen MR) is 37.6 cm³/mol. The Balaban J connectivity index is 3.07. The summed E-state index contributed by atoms with van der Waals surface area (Å²) in [6.07, 6.45) is 2.61. The minimum Gasteiger partial charge on any atom is -0.271 e. The third-order valence-corrected chi connectivity index (χ3v) is 1.66. The average Bonchev–Trinajstić information content (AvgIpc) is 2.12. The van der Waals surface area contributed by atoms with Gasteiger partial charge in [-0.2, -0.15) is 5.10 Å². The fourth-order valence-corrected chi connectivity index (χ4v) is 1.13. The Hall–Kier alpha value is -0.500. The highest BCUT2D eigenvalue weighted by atomic mass is 35.5. The molecule has 1 rings (SSSR count). The van der Waals surface area contributed by atoms with Gasteiger partial charge in [-0.15, -0.1) is 0 Å². The van der Waals surface area contributed by atoms with Gasteiger partial charge in [0.2, 0.25) is 0 Å². The van der Waals surface area contributed by atoms with Crippen LogP contribution in [-0.4, -0.2) is 9.78 Å². The number of nitrogens with zero attached hydrogens (tertiary/aromatic N) is 2. The second-order valence-corrected chi connectivity index (χ2v) is 2.32. The number of aryl methyl sites for hydroxylation is 1. The number of halogens is 1. The van der Waals surface area contributed by atoms with Crippen molar-refractivity contribution >= 4 is 11.6 Å². The summed E-state index contributed by atoms with van der Waals surface area (Å²) in [6.45, 7) is 2.06. The minimum absolute atomic E-state index is 0.764. The van der Waals surface area contributed by atoms with Crippen LogP contribution < -0.4 is 0 Å². The SMILES string of the molecule is CCc1c(Cl)cnn1C. The van der Waals surface area contributed by atoms with Crippen LogP contribution in [0.25, 0.3) is 0 Å². The van der Waals surface area contributed by atoms with Crippen LogP contribution in [0, 0.1) is 0 Å². The molecule has 0 aromatic carbocycles. The van der Waals surface area contributed by atoms with Gasteiger partial charge in [0.25, 0.3) is 0 Å². The van der Waals surface area contributed by atoms with Crippen LogP contribution in [0.4, 0.5) is 0 Å². The topological polar surface area (TPSA) is 17.8 Å². The first-order chi connectivity index (χ1) is 4.25. The van der Waals surface area contributed by atoms with E-state index in [-0.39, 0.29) is 0 Å². The van der Waals surface area contributed by atoms with E-state index in [0.29, 0.717) is 0 Å². The van der Waals surface area contributed by atoms with Gasteiger partial charge < -0.3 is 0 Å². The first-order valence-electron chi connectivity index (χ1n) is 2.92. The van der Waals surface area contributed by atoms with Crippen LogP contribution in [0.15, 0.2) is 6.20 Å². The van der Waals surface area contributed by atoms with Crippen LogP contribution in [0.3, 0.4) is 0 Å². The molecule has 0 spiro atoms. The maximum atomic E-state index is 5.76. The Morgan fingerprint density at radius 1 is 1.78 bits per heavy atom. The molecule has 2 nitrogen and oxygen atoms in total. The van der Waals surface area contributed by atoms with Crippen LogP contribution in [0.2, 0.25) is 5.02 Å². The van der Waals surface area contributed by atoms with Gasteiger partial charge in [-0.05, 0) is 6.42 Å². The van der Waals surface area contributed by atoms with Crippen LogP contribution in [0.1, 0.15) is 12.6 Å². The normalized spacial score (nSPS) is 10.1. The van der Waals surface area contributed by atoms with Gasteiger partial charge in [0, 0.05) is 7.05 Å². The zero-order chi connectivity index (χ0) is 6.85. The largest absolute Gasteiger partial charge is 0.271 e. The molecule has 1 aromatic rings. The van der Waals surface area contributed by atoms with Gasteiger partial charge in [-0.1, -0.05) is 18.5 Å². The maximum absolute atomic E-state index is 5.76. The highest BCUT2D eigenvalue weighted by Gasteiger charge is 2.00. The lowest BCUT2D eigenvalue weighted by Gasteiger charge is -1.95. The van der Waals surface area contributed by atoms with Crippen molar-refractivity contribution in [2.24, 2.45) is 7.05 Å². The smallest absolute Gasteiger partial charge is 0.0817 e. The molecule has 0 fully saturated rings. The average molecular weight is 145 g/mol. The van der Waals surface area contributed by atoms with Gasteiger partial charge in [0.05, 0.1) is 16.9 Å². The van der Waals surface area contributed by atoms with Crippen LogP contribution in [0.5, 0.6) is 0 Å². The Kier molecular flexibility index (Phi) is 1.76. The van der Waals surface area contributed by atoms with Gasteiger partial charge in [-0.25, -0.2) is 0 Å². The third-order valence-electron chi connectivity index (χ3n) is 1.35. The summed E-state index contributed by atoms with van der Waals surface area (Å²) >= 11 is 5.76. The molecule has 1 heterocycles. The molecule has 0 bridgehead atoms. The summed E-state index contributed by atoms with van der Waals surface area (Å²) in [7, 11) is 1.89. The van der Waals surface area contributed by atoms with E-state index in [1.54, 1.807) is 10.9 Å². The third kappa shape index (κ3) is 1.08. The van der Waals surface area contributed by atoms with E-state index in [2.05, 4.69) is 12.0 Å². The number of hydrogen-bond acceptors (Lipinski definition) is 1. The molecule has 9 heavy (non-hydrogen) atoms. The highest BCUT2D eigenvalue weighted by molar-refractivity contribution is 6.31. The summed E-state index contributed by atoms with van der Waals surface area (Å²) in [5, 5.41) is 4.74. The zero-order valence-electron chi connectivity index (χ0n) is 5.56. The monoisotopic (exact) mass is 144 g/mol. The van der Waals surface area contributed by atoms with Gasteiger partial charge in [0.15, 0.2) is 0 Å². The Bertz CT molecular complexity index is 185. The second kappa shape index (κ2) is 2.40. The van der Waals surface area contributed by atoms with E-state index < -0.39 is 0 Å². The van der Waals surface area contributed by atoms with E-state index in [1.807, 2.05) is 7.05 Å². The van der Waals surface area contributed by atoms with E-state index in [0.717, 1.165) is 17.1 Å². The number of rotatable bonds is 1. The van der Waals surface area contributed by atoms with E-state index in [9.17, 15) is 0 Å². The molecule has 0 aliphatic heterocycles. The second-order valence-electron chi connectivity index (χ2n) is 1.92. The zero-order valence-corrected chi connectivity index (χ0v) is 6.31. The molecular formula is C6H9ClN2. The van der Waals surface area contributed by atoms with E-state index in [1.165, 1.54) is 0 Å². The lowest BCUT2D eigenvalue weighted by atomic mass is 10.3. The molecular weight excluding hydrogens is 136 g/mol. The molecule has 0 saturated heterocycles. The van der Waals surface area contributed by atoms with Crippen molar-refractivity contribution in [3.8, 4) is 0 Å². The summed E-state index contributed by atoms with van der Waals surface area (Å²) < 4.78 is 1.79. The summed E-state index contributed by atoms with van der Waals surface area (Å²) in [4.78, 5) is 0. The highest BCUT2D eigenvalue weighted by Crippen LogP contribution is 2.13. The lowest BCUT2D eigenvalue weighted by Crippen LogP contribution is -1.95. The van der Waals surface area contributed by atoms with Crippen LogP contribution in [-0.2, 0) is 13.5 Å². The molecule has 1 aromatic heterocycles. The van der Waals surface area contributed by atoms with Crippen molar-refractivity contribution in [1.82, 2.24) is 9.78 Å². The van der Waals surface area contributed by atoms with E-state index >= 15 is 0 Å². The summed E-state index contributed by atoms with van der Waals surface area (Å²) in [6, 6.07) is 0. The standard InChI is InChI=1S/C6H9ClN2/c1-3-6-5(7)4-8-9(6)2/h4H,3H2,1-2H3. The van der Waals surface area contributed by atoms with Crippen molar-refractivity contribution in [2.45, 2.75) is 13.3 Å². The molecule has 50 valence electrons. The molecule has 3 heteroatoms. The quantitative estimate of drug-likeness (QED) is 0.586. The molecule has 0 N–H and O–H groups in total. The van der Waals surface area contributed by atoms with Gasteiger partial charge >= 0.3 is 0 Å². The summed E-state index contributed by atoms with van der Waals surface area (Å²) in [5.74, 6) is 0. The molecule has 0 aliphatic rings. The molecule has 0 unspecified atom stereocenters. The first kappa shape index (κ1) is 6.62. The fraction of sp³-hybridized carbons (Fsp3) is 0.500. The van der Waals surface area contributed by atoms with Crippen molar-refractivity contribution in [3.05, 3.63) is 16.9 Å². The lowest BCUT2D eigenvalue weighted by molar-refractivity contribution is 0.718. The maximum Gasteiger partial charge on any atom is 0.0817 e. The molecule has 0 saturated carbocycles. The first-order valence-corrected chi connectivity index (χ1v) is 3.30. The van der Waals surface area contributed by atoms with Gasteiger partial charge in [0.1, 0.15) is 0 Å². The predicted octanol–water partition coefficient (Wildman–Crippen LogP) is 1.64. The molecule has 0 aliphatic carbocycles. The van der Waals surface area contributed by atoms with Crippen molar-refractivity contribution in [3.63, 3.8) is 0 Å². The Morgan fingerprint density at radius 2 is 2.44 bits per heavy atom. The number of aromatic nitrogens is 2. The van der Waals surface area contributed by atoms with Crippen molar-refractivity contribution in [1.29, 1.82) is 0 Å². The van der Waals surface area contributed by atoms with Gasteiger partial charge in [-0.3, -0.25) is 4.68 Å². The molecule has 0 atom stereocenters. The Labute approximate surface area is 59.4 Å². The van der Waals surface area contributed by atoms with Crippen molar-refractivity contribution < 1.29 is 0 Å². The van der Waals surface area contributed by atoms with Crippen molar-refractivity contribution in [2.75, 3.05) is 0 Å². The Morgan fingerprint density at radius 3 is 2.67 bits per heavy atom. The molecule has 0 amide bonds. The minimum atomic E-state index is 0.764. The number of hydrogen-bond donors (Lipinski definition) is 0.